The Balaban J connectivity index is 1.62. The van der Waals surface area contributed by atoms with Crippen molar-refractivity contribution in [2.45, 2.75) is 57.0 Å². The van der Waals surface area contributed by atoms with Gasteiger partial charge in [0.2, 0.25) is 0 Å². The zero-order valence-electron chi connectivity index (χ0n) is 21.7. The first-order chi connectivity index (χ1) is 18.2. The third-order valence-electron chi connectivity index (χ3n) is 7.37. The Hall–Kier alpha value is -3.12. The molecule has 9 nitrogen and oxygen atoms in total. The highest BCUT2D eigenvalue weighted by Gasteiger charge is 2.50. The normalized spacial score (nSPS) is 22.3. The summed E-state index contributed by atoms with van der Waals surface area (Å²) in [7, 11) is -2.84. The van der Waals surface area contributed by atoms with Gasteiger partial charge in [0.05, 0.1) is 18.6 Å². The van der Waals surface area contributed by atoms with Crippen LogP contribution in [0.4, 0.5) is 5.82 Å². The number of aliphatic hydroxyl groups is 3. The number of nitrogens with two attached hydrogens (primary N) is 1. The Labute approximate surface area is 222 Å². The molecule has 0 saturated carbocycles. The number of hydrogen-bond acceptors (Lipinski definition) is 8. The fraction of sp³-hybridized carbons (Fsp3) is 0.357. The molecule has 4 atom stereocenters. The van der Waals surface area contributed by atoms with Crippen LogP contribution in [0, 0.1) is 0 Å². The minimum atomic E-state index is -2.84. The van der Waals surface area contributed by atoms with E-state index in [0.717, 1.165) is 15.9 Å². The number of ether oxygens (including phenoxy) is 1. The quantitative estimate of drug-likeness (QED) is 0.263. The minimum Gasteiger partial charge on any atom is -0.403 e. The molecule has 0 bridgehead atoms. The molecule has 4 unspecified atom stereocenters. The third-order valence-corrected chi connectivity index (χ3v) is 12.4. The maximum Gasteiger partial charge on any atom is 0.261 e. The Morgan fingerprint density at radius 3 is 2.11 bits per heavy atom. The van der Waals surface area contributed by atoms with Crippen molar-refractivity contribution in [3.8, 4) is 0 Å². The number of nitrogens with zero attached hydrogens (tertiary/aromatic N) is 3. The number of rotatable bonds is 7. The summed E-state index contributed by atoms with van der Waals surface area (Å²) in [5.74, 6) is 0.279. The summed E-state index contributed by atoms with van der Waals surface area (Å²) >= 11 is 0. The average molecular weight is 535 g/mol. The van der Waals surface area contributed by atoms with E-state index in [4.69, 9.17) is 14.9 Å². The van der Waals surface area contributed by atoms with Gasteiger partial charge in [0.1, 0.15) is 36.1 Å². The predicted molar refractivity (Wildman–Crippen MR) is 147 cm³/mol. The number of benzene rings is 2. The van der Waals surface area contributed by atoms with Gasteiger partial charge in [-0.25, -0.2) is 9.97 Å². The van der Waals surface area contributed by atoms with Crippen LogP contribution in [0.1, 0.15) is 32.6 Å². The van der Waals surface area contributed by atoms with E-state index in [0.29, 0.717) is 11.0 Å². The van der Waals surface area contributed by atoms with Gasteiger partial charge in [0, 0.05) is 11.8 Å². The van der Waals surface area contributed by atoms with Gasteiger partial charge < -0.3 is 34.8 Å². The monoisotopic (exact) mass is 534 g/mol. The highest BCUT2D eigenvalue weighted by atomic mass is 28.4. The van der Waals surface area contributed by atoms with Crippen molar-refractivity contribution in [2.75, 3.05) is 12.3 Å². The standard InChI is InChI=1S/C28H34N4O5Si/c1-28(2,3)38(19-10-6-4-7-11-19,20-12-8-5-9-13-20)36-16-18-14-32(26-22(18)25(29)30-17-31-26)27-24(35)23(34)21(15-33)37-27/h4-14,17,21,23-24,27,33-35H,15-16H2,1-3H3,(H2,29,30,31). The van der Waals surface area contributed by atoms with Crippen molar-refractivity contribution in [2.24, 2.45) is 0 Å². The maximum atomic E-state index is 10.7. The van der Waals surface area contributed by atoms with Crippen molar-refractivity contribution in [3.63, 3.8) is 0 Å². The Morgan fingerprint density at radius 1 is 0.974 bits per heavy atom. The van der Waals surface area contributed by atoms with Crippen LogP contribution >= 0.6 is 0 Å². The second kappa shape index (κ2) is 10.2. The lowest BCUT2D eigenvalue weighted by Gasteiger charge is -2.43. The van der Waals surface area contributed by atoms with Gasteiger partial charge in [-0.15, -0.1) is 0 Å². The van der Waals surface area contributed by atoms with E-state index in [1.54, 1.807) is 10.8 Å². The van der Waals surface area contributed by atoms with E-state index >= 15 is 0 Å². The molecular formula is C28H34N4O5Si. The van der Waals surface area contributed by atoms with Gasteiger partial charge in [-0.1, -0.05) is 81.4 Å². The number of aliphatic hydroxyl groups excluding tert-OH is 3. The largest absolute Gasteiger partial charge is 0.403 e. The molecule has 1 saturated heterocycles. The summed E-state index contributed by atoms with van der Waals surface area (Å²) in [5.41, 5.74) is 7.52. The van der Waals surface area contributed by atoms with Crippen molar-refractivity contribution in [1.82, 2.24) is 14.5 Å². The molecule has 0 radical (unpaired) electrons. The lowest BCUT2D eigenvalue weighted by Crippen LogP contribution is -2.66. The molecule has 0 amide bonds. The summed E-state index contributed by atoms with van der Waals surface area (Å²) < 4.78 is 14.5. The number of hydrogen-bond donors (Lipinski definition) is 4. The van der Waals surface area contributed by atoms with E-state index in [2.05, 4.69) is 55.0 Å². The van der Waals surface area contributed by atoms with Gasteiger partial charge in [-0.2, -0.15) is 0 Å². The molecule has 5 rings (SSSR count). The van der Waals surface area contributed by atoms with Crippen molar-refractivity contribution < 1.29 is 24.5 Å². The first-order valence-electron chi connectivity index (χ1n) is 12.7. The smallest absolute Gasteiger partial charge is 0.261 e. The molecule has 4 aromatic rings. The number of nitrogen functional groups attached to an aromatic ring is 1. The van der Waals surface area contributed by atoms with Crippen molar-refractivity contribution in [3.05, 3.63) is 78.8 Å². The van der Waals surface area contributed by atoms with E-state index in [-0.39, 0.29) is 17.5 Å². The van der Waals surface area contributed by atoms with Gasteiger partial charge in [0.15, 0.2) is 6.23 Å². The number of aromatic nitrogens is 3. The summed E-state index contributed by atoms with van der Waals surface area (Å²) in [6.45, 7) is 6.41. The Morgan fingerprint density at radius 2 is 1.58 bits per heavy atom. The second-order valence-electron chi connectivity index (χ2n) is 10.7. The average Bonchev–Trinajstić information content (AvgIpc) is 3.42. The molecule has 5 N–H and O–H groups in total. The zero-order chi connectivity index (χ0) is 27.1. The van der Waals surface area contributed by atoms with Crippen LogP contribution in [0.2, 0.25) is 5.04 Å². The van der Waals surface area contributed by atoms with Gasteiger partial charge in [-0.05, 0) is 15.4 Å². The molecule has 0 spiro atoms. The van der Waals surface area contributed by atoms with E-state index < -0.39 is 39.5 Å². The van der Waals surface area contributed by atoms with E-state index in [1.807, 2.05) is 36.4 Å². The van der Waals surface area contributed by atoms with Gasteiger partial charge in [-0.3, -0.25) is 0 Å². The van der Waals surface area contributed by atoms with Crippen LogP contribution in [0.5, 0.6) is 0 Å². The summed E-state index contributed by atoms with van der Waals surface area (Å²) in [6, 6.07) is 20.7. The Bertz CT molecular complexity index is 1350. The topological polar surface area (TPSA) is 136 Å². The molecule has 0 aliphatic carbocycles. The van der Waals surface area contributed by atoms with Crippen molar-refractivity contribution in [1.29, 1.82) is 0 Å². The SMILES string of the molecule is CC(C)(C)[Si](OCc1cn(C2OC(CO)C(O)C2O)c2ncnc(N)c12)(c1ccccc1)c1ccccc1. The molecule has 2 aromatic carbocycles. The maximum absolute atomic E-state index is 10.7. The molecule has 1 fully saturated rings. The molecule has 1 aliphatic rings. The van der Waals surface area contributed by atoms with Crippen LogP contribution in [0.25, 0.3) is 11.0 Å². The van der Waals surface area contributed by atoms with Gasteiger partial charge in [0.25, 0.3) is 8.32 Å². The first-order valence-corrected chi connectivity index (χ1v) is 14.6. The van der Waals surface area contributed by atoms with Crippen LogP contribution in [0.3, 0.4) is 0 Å². The van der Waals surface area contributed by atoms with E-state index in [9.17, 15) is 15.3 Å². The molecule has 200 valence electrons. The lowest BCUT2D eigenvalue weighted by atomic mass is 10.1. The summed E-state index contributed by atoms with van der Waals surface area (Å²) in [4.78, 5) is 8.62. The molecule has 1 aliphatic heterocycles. The summed E-state index contributed by atoms with van der Waals surface area (Å²) in [5, 5.41) is 33.3. The molecule has 38 heavy (non-hydrogen) atoms. The third kappa shape index (κ3) is 4.33. The van der Waals surface area contributed by atoms with Gasteiger partial charge >= 0.3 is 0 Å². The van der Waals surface area contributed by atoms with Crippen LogP contribution < -0.4 is 16.1 Å². The fourth-order valence-corrected chi connectivity index (χ4v) is 10.1. The minimum absolute atomic E-state index is 0.211. The zero-order valence-corrected chi connectivity index (χ0v) is 22.7. The second-order valence-corrected chi connectivity index (χ2v) is 15.0. The highest BCUT2D eigenvalue weighted by molar-refractivity contribution is 6.99. The van der Waals surface area contributed by atoms with Crippen LogP contribution in [-0.2, 0) is 15.8 Å². The molecule has 2 aromatic heterocycles. The van der Waals surface area contributed by atoms with Crippen LogP contribution in [0.15, 0.2) is 73.2 Å². The fourth-order valence-electron chi connectivity index (χ4n) is 5.55. The van der Waals surface area contributed by atoms with Crippen molar-refractivity contribution >= 4 is 35.5 Å². The lowest BCUT2D eigenvalue weighted by molar-refractivity contribution is -0.0509. The molecule has 3 heterocycles. The number of fused-ring (bicyclic) bond motifs is 1. The van der Waals surface area contributed by atoms with E-state index in [1.165, 1.54) is 6.33 Å². The predicted octanol–water partition coefficient (Wildman–Crippen LogP) is 1.70. The number of anilines is 1. The van der Waals surface area contributed by atoms with Crippen LogP contribution in [-0.4, -0.2) is 63.1 Å². The molecule has 10 heteroatoms. The first kappa shape index (κ1) is 26.5. The summed E-state index contributed by atoms with van der Waals surface area (Å²) in [6.07, 6.45) is -1.23. The molecular weight excluding hydrogens is 500 g/mol. The highest BCUT2D eigenvalue weighted by Crippen LogP contribution is 2.39. The Kier molecular flexibility index (Phi) is 7.12.